The van der Waals surface area contributed by atoms with Gasteiger partial charge in [-0.2, -0.15) is 18.3 Å². The molecule has 0 aliphatic carbocycles. The molecule has 32 heavy (non-hydrogen) atoms. The number of carbonyl (C=O) groups is 1. The topological polar surface area (TPSA) is 46.9 Å². The number of nitrogens with zero attached hydrogens (tertiary/aromatic N) is 2. The Balaban J connectivity index is 1.58. The lowest BCUT2D eigenvalue weighted by Gasteiger charge is -2.14. The van der Waals surface area contributed by atoms with Crippen molar-refractivity contribution in [3.05, 3.63) is 69.2 Å². The average molecular weight is 498 g/mol. The summed E-state index contributed by atoms with van der Waals surface area (Å²) in [5, 5.41) is 8.04. The number of carbonyl (C=O) groups excluding carboxylic acids is 1. The van der Waals surface area contributed by atoms with Gasteiger partial charge in [-0.05, 0) is 53.6 Å². The maximum atomic E-state index is 13.4. The second kappa shape index (κ2) is 9.41. The number of benzene rings is 2. The monoisotopic (exact) mass is 497 g/mol. The van der Waals surface area contributed by atoms with Crippen LogP contribution < -0.4 is 5.32 Å². The van der Waals surface area contributed by atoms with E-state index in [-0.39, 0.29) is 27.7 Å². The zero-order valence-corrected chi connectivity index (χ0v) is 19.3. The maximum Gasteiger partial charge on any atom is 0.416 e. The van der Waals surface area contributed by atoms with Gasteiger partial charge < -0.3 is 5.32 Å². The second-order valence-corrected chi connectivity index (χ2v) is 10.3. The van der Waals surface area contributed by atoms with Crippen LogP contribution in [0.3, 0.4) is 0 Å². The fourth-order valence-electron chi connectivity index (χ4n) is 3.36. The number of rotatable bonds is 6. The highest BCUT2D eigenvalue weighted by Gasteiger charge is 2.33. The molecule has 1 aliphatic rings. The fraction of sp³-hybridized carbons (Fsp3) is 0.273. The minimum absolute atomic E-state index is 0.0161. The highest BCUT2D eigenvalue weighted by atomic mass is 35.5. The summed E-state index contributed by atoms with van der Waals surface area (Å²) in [6.45, 7) is 2.06. The van der Waals surface area contributed by atoms with Crippen LogP contribution in [-0.4, -0.2) is 26.1 Å². The molecule has 1 unspecified atom stereocenters. The Morgan fingerprint density at radius 1 is 1.28 bits per heavy atom. The van der Waals surface area contributed by atoms with E-state index in [2.05, 4.69) is 17.3 Å². The highest BCUT2D eigenvalue weighted by Crippen LogP contribution is 2.36. The van der Waals surface area contributed by atoms with Crippen molar-refractivity contribution in [2.75, 3.05) is 5.75 Å². The lowest BCUT2D eigenvalue weighted by atomic mass is 10.1. The third-order valence-corrected chi connectivity index (χ3v) is 7.73. The van der Waals surface area contributed by atoms with Gasteiger partial charge in [0.15, 0.2) is 0 Å². The van der Waals surface area contributed by atoms with Crippen molar-refractivity contribution in [2.24, 2.45) is 0 Å². The fourth-order valence-corrected chi connectivity index (χ4v) is 5.81. The molecule has 168 valence electrons. The zero-order valence-electron chi connectivity index (χ0n) is 16.9. The van der Waals surface area contributed by atoms with Crippen LogP contribution in [0, 0.1) is 0 Å². The van der Waals surface area contributed by atoms with E-state index in [1.54, 1.807) is 24.0 Å². The number of amides is 1. The zero-order chi connectivity index (χ0) is 22.9. The maximum absolute atomic E-state index is 13.4. The van der Waals surface area contributed by atoms with E-state index in [4.69, 9.17) is 11.6 Å². The molecular weight excluding hydrogens is 479 g/mol. The van der Waals surface area contributed by atoms with E-state index in [1.807, 2.05) is 18.2 Å². The molecule has 2 heterocycles. The van der Waals surface area contributed by atoms with Crippen LogP contribution in [0.4, 0.5) is 13.2 Å². The first-order chi connectivity index (χ1) is 15.2. The average Bonchev–Trinajstić information content (AvgIpc) is 3.30. The second-order valence-electron chi connectivity index (χ2n) is 7.22. The Morgan fingerprint density at radius 3 is 2.84 bits per heavy atom. The number of hydrogen-bond acceptors (Lipinski definition) is 4. The van der Waals surface area contributed by atoms with Crippen molar-refractivity contribution >= 4 is 58.0 Å². The van der Waals surface area contributed by atoms with E-state index in [1.165, 1.54) is 28.6 Å². The first-order valence-corrected chi connectivity index (χ1v) is 12.2. The van der Waals surface area contributed by atoms with Crippen molar-refractivity contribution in [3.63, 3.8) is 0 Å². The standard InChI is InChI=1S/C22H19ClF3N3OS2/c1-2-7-31-21-28-20(30)19(32-21)9-13-3-6-18-15(8-13)11-27-29(18)12-14-4-5-16(23)10-17(14)22(24,25)26/h3-6,8-11,21H,2,7,12H2,1H3,(H,28,30). The summed E-state index contributed by atoms with van der Waals surface area (Å²) in [7, 11) is 0. The molecule has 0 radical (unpaired) electrons. The number of aromatic nitrogens is 2. The van der Waals surface area contributed by atoms with E-state index < -0.39 is 11.7 Å². The molecular formula is C22H19ClF3N3OS2. The molecule has 1 atom stereocenters. The molecule has 3 aromatic rings. The van der Waals surface area contributed by atoms with E-state index >= 15 is 0 Å². The van der Waals surface area contributed by atoms with Gasteiger partial charge in [0, 0.05) is 10.4 Å². The van der Waals surface area contributed by atoms with Crippen LogP contribution in [-0.2, 0) is 17.5 Å². The van der Waals surface area contributed by atoms with Gasteiger partial charge in [0.2, 0.25) is 0 Å². The number of fused-ring (bicyclic) bond motifs is 1. The van der Waals surface area contributed by atoms with Crippen molar-refractivity contribution in [3.8, 4) is 0 Å². The predicted molar refractivity (Wildman–Crippen MR) is 126 cm³/mol. The van der Waals surface area contributed by atoms with Gasteiger partial charge in [-0.15, -0.1) is 11.8 Å². The van der Waals surface area contributed by atoms with E-state index in [9.17, 15) is 18.0 Å². The van der Waals surface area contributed by atoms with Gasteiger partial charge in [0.25, 0.3) is 5.91 Å². The van der Waals surface area contributed by atoms with Crippen molar-refractivity contribution < 1.29 is 18.0 Å². The van der Waals surface area contributed by atoms with Gasteiger partial charge in [0.1, 0.15) is 4.71 Å². The minimum Gasteiger partial charge on any atom is -0.331 e. The highest BCUT2D eigenvalue weighted by molar-refractivity contribution is 8.19. The van der Waals surface area contributed by atoms with Crippen LogP contribution >= 0.6 is 35.1 Å². The third kappa shape index (κ3) is 5.10. The van der Waals surface area contributed by atoms with Gasteiger partial charge in [-0.1, -0.05) is 42.4 Å². The summed E-state index contributed by atoms with van der Waals surface area (Å²) in [5.74, 6) is 0.877. The molecule has 1 aromatic heterocycles. The summed E-state index contributed by atoms with van der Waals surface area (Å²) >= 11 is 8.97. The molecule has 0 bridgehead atoms. The van der Waals surface area contributed by atoms with E-state index in [0.717, 1.165) is 29.2 Å². The molecule has 1 amide bonds. The summed E-state index contributed by atoms with van der Waals surface area (Å²) in [6, 6.07) is 9.26. The molecule has 0 spiro atoms. The number of hydrogen-bond donors (Lipinski definition) is 1. The molecule has 1 N–H and O–H groups in total. The quantitative estimate of drug-likeness (QED) is 0.401. The molecule has 10 heteroatoms. The number of nitrogens with one attached hydrogen (secondary N) is 1. The first kappa shape index (κ1) is 23.1. The number of alkyl halides is 3. The van der Waals surface area contributed by atoms with Crippen molar-refractivity contribution in [2.45, 2.75) is 30.8 Å². The summed E-state index contributed by atoms with van der Waals surface area (Å²) in [4.78, 5) is 12.9. The van der Waals surface area contributed by atoms with Crippen LogP contribution in [0.2, 0.25) is 5.02 Å². The van der Waals surface area contributed by atoms with Crippen LogP contribution in [0.1, 0.15) is 30.0 Å². The molecule has 0 saturated carbocycles. The minimum atomic E-state index is -4.50. The Morgan fingerprint density at radius 2 is 2.09 bits per heavy atom. The predicted octanol–water partition coefficient (Wildman–Crippen LogP) is 6.39. The Labute approximate surface area is 196 Å². The molecule has 1 saturated heterocycles. The lowest BCUT2D eigenvalue weighted by Crippen LogP contribution is -2.21. The van der Waals surface area contributed by atoms with Gasteiger partial charge in [0.05, 0.1) is 28.7 Å². The Bertz CT molecular complexity index is 1190. The molecule has 4 nitrogen and oxygen atoms in total. The molecule has 1 aliphatic heterocycles. The van der Waals surface area contributed by atoms with Crippen molar-refractivity contribution in [1.82, 2.24) is 15.1 Å². The normalized spacial score (nSPS) is 18.0. The van der Waals surface area contributed by atoms with Gasteiger partial charge in [-0.3, -0.25) is 9.48 Å². The van der Waals surface area contributed by atoms with E-state index in [0.29, 0.717) is 10.4 Å². The summed E-state index contributed by atoms with van der Waals surface area (Å²) < 4.78 is 41.8. The third-order valence-electron chi connectivity index (χ3n) is 4.84. The van der Waals surface area contributed by atoms with Gasteiger partial charge in [-0.25, -0.2) is 0 Å². The molecule has 2 aromatic carbocycles. The molecule has 4 rings (SSSR count). The lowest BCUT2D eigenvalue weighted by molar-refractivity contribution is -0.138. The van der Waals surface area contributed by atoms with Crippen LogP contribution in [0.15, 0.2) is 47.5 Å². The number of halogens is 4. The van der Waals surface area contributed by atoms with Gasteiger partial charge >= 0.3 is 6.18 Å². The first-order valence-electron chi connectivity index (χ1n) is 9.86. The van der Waals surface area contributed by atoms with Crippen molar-refractivity contribution in [1.29, 1.82) is 0 Å². The summed E-state index contributed by atoms with van der Waals surface area (Å²) in [5.41, 5.74) is 0.857. The van der Waals surface area contributed by atoms with Crippen LogP contribution in [0.5, 0.6) is 0 Å². The SMILES string of the molecule is CCCSC1NC(=O)C(=Cc2ccc3c(cnn3Cc3ccc(Cl)cc3C(F)(F)F)c2)S1. The summed E-state index contributed by atoms with van der Waals surface area (Å²) in [6.07, 6.45) is -0.0281. The van der Waals surface area contributed by atoms with Crippen LogP contribution in [0.25, 0.3) is 17.0 Å². The Hall–Kier alpha value is -2.10. The largest absolute Gasteiger partial charge is 0.416 e. The Kier molecular flexibility index (Phi) is 6.78. The number of thioether (sulfide) groups is 2. The smallest absolute Gasteiger partial charge is 0.331 e. The molecule has 1 fully saturated rings.